The second-order valence-corrected chi connectivity index (χ2v) is 4.91. The molecule has 9 nitrogen and oxygen atoms in total. The molecule has 19 heavy (non-hydrogen) atoms. The van der Waals surface area contributed by atoms with Crippen molar-refractivity contribution in [3.63, 3.8) is 0 Å². The Kier molecular flexibility index (Phi) is 4.20. The molecule has 0 unspecified atom stereocenters. The lowest BCUT2D eigenvalue weighted by Crippen LogP contribution is -2.48. The summed E-state index contributed by atoms with van der Waals surface area (Å²) in [5.74, 6) is -0.944. The second-order valence-electron chi connectivity index (χ2n) is 4.91. The third-order valence-corrected chi connectivity index (χ3v) is 1.87. The fraction of sp³-hybridized carbons (Fsp3) is 0.500. The maximum absolute atomic E-state index is 11.5. The molecule has 0 aromatic carbocycles. The van der Waals surface area contributed by atoms with Gasteiger partial charge in [-0.3, -0.25) is 10.1 Å². The molecule has 3 amide bonds. The number of aromatic nitrogens is 2. The van der Waals surface area contributed by atoms with Crippen molar-refractivity contribution < 1.29 is 14.5 Å². The maximum atomic E-state index is 11.5. The van der Waals surface area contributed by atoms with Crippen LogP contribution < -0.4 is 10.6 Å². The second kappa shape index (κ2) is 5.46. The summed E-state index contributed by atoms with van der Waals surface area (Å²) in [7, 11) is 0. The first-order valence-electron chi connectivity index (χ1n) is 5.45. The minimum Gasteiger partial charge on any atom is -0.358 e. The molecule has 1 aromatic rings. The molecule has 2 N–H and O–H groups in total. The van der Waals surface area contributed by atoms with Crippen LogP contribution in [0.4, 0.5) is 10.6 Å². The number of imidazole rings is 1. The lowest BCUT2D eigenvalue weighted by atomic mass is 10.1. The molecule has 0 aliphatic carbocycles. The standard InChI is InChI=1S/C10H15N5O4/c1-10(2,3)13-9(17)12-8(16)5-14-4-7(11-6-14)15(18)19/h4,6H,5H2,1-3H3,(H2,12,13,16,17). The van der Waals surface area contributed by atoms with E-state index in [1.54, 1.807) is 20.8 Å². The predicted octanol–water partition coefficient (Wildman–Crippen LogP) is 0.416. The van der Waals surface area contributed by atoms with Gasteiger partial charge in [-0.15, -0.1) is 0 Å². The Morgan fingerprint density at radius 3 is 2.58 bits per heavy atom. The molecule has 104 valence electrons. The van der Waals surface area contributed by atoms with Gasteiger partial charge in [0.2, 0.25) is 12.2 Å². The minimum atomic E-state index is -0.666. The summed E-state index contributed by atoms with van der Waals surface area (Å²) in [6.45, 7) is 5.10. The maximum Gasteiger partial charge on any atom is 0.381 e. The van der Waals surface area contributed by atoms with Crippen LogP contribution in [-0.4, -0.2) is 32.0 Å². The molecule has 1 heterocycles. The van der Waals surface area contributed by atoms with Gasteiger partial charge in [0, 0.05) is 5.54 Å². The number of carbonyl (C=O) groups excluding carboxylic acids is 2. The first kappa shape index (κ1) is 14.6. The quantitative estimate of drug-likeness (QED) is 0.608. The van der Waals surface area contributed by atoms with Gasteiger partial charge >= 0.3 is 11.8 Å². The third-order valence-electron chi connectivity index (χ3n) is 1.87. The predicted molar refractivity (Wildman–Crippen MR) is 65.3 cm³/mol. The lowest BCUT2D eigenvalue weighted by Gasteiger charge is -2.20. The molecule has 0 fully saturated rings. The zero-order chi connectivity index (χ0) is 14.6. The zero-order valence-electron chi connectivity index (χ0n) is 10.8. The van der Waals surface area contributed by atoms with E-state index in [0.29, 0.717) is 0 Å². The van der Waals surface area contributed by atoms with Crippen molar-refractivity contribution in [2.24, 2.45) is 0 Å². The first-order valence-corrected chi connectivity index (χ1v) is 5.45. The molecule has 0 atom stereocenters. The number of urea groups is 1. The molecule has 0 bridgehead atoms. The molecule has 0 radical (unpaired) electrons. The van der Waals surface area contributed by atoms with Gasteiger partial charge < -0.3 is 20.0 Å². The molecule has 1 aromatic heterocycles. The summed E-state index contributed by atoms with van der Waals surface area (Å²) in [4.78, 5) is 36.1. The molecule has 0 spiro atoms. The number of carbonyl (C=O) groups is 2. The van der Waals surface area contributed by atoms with Gasteiger partial charge in [0.25, 0.3) is 0 Å². The minimum absolute atomic E-state index is 0.224. The van der Waals surface area contributed by atoms with E-state index in [1.807, 2.05) is 0 Å². The summed E-state index contributed by atoms with van der Waals surface area (Å²) < 4.78 is 1.22. The van der Waals surface area contributed by atoms with Crippen molar-refractivity contribution in [3.05, 3.63) is 22.6 Å². The summed E-state index contributed by atoms with van der Waals surface area (Å²) in [6, 6.07) is -0.618. The van der Waals surface area contributed by atoms with Crippen molar-refractivity contribution in [2.75, 3.05) is 0 Å². The van der Waals surface area contributed by atoms with E-state index in [4.69, 9.17) is 0 Å². The Hall–Kier alpha value is -2.45. The number of nitrogens with one attached hydrogen (secondary N) is 2. The van der Waals surface area contributed by atoms with Gasteiger partial charge in [-0.25, -0.2) is 4.79 Å². The van der Waals surface area contributed by atoms with E-state index in [1.165, 1.54) is 4.57 Å². The largest absolute Gasteiger partial charge is 0.381 e. The Balaban J connectivity index is 2.51. The molecular formula is C10H15N5O4. The van der Waals surface area contributed by atoms with Crippen LogP contribution in [0, 0.1) is 10.1 Å². The van der Waals surface area contributed by atoms with E-state index in [2.05, 4.69) is 15.6 Å². The van der Waals surface area contributed by atoms with E-state index < -0.39 is 22.4 Å². The first-order chi connectivity index (χ1) is 8.67. The highest BCUT2D eigenvalue weighted by Crippen LogP contribution is 2.05. The summed E-state index contributed by atoms with van der Waals surface area (Å²) in [6.07, 6.45) is 2.26. The van der Waals surface area contributed by atoms with Crippen LogP contribution >= 0.6 is 0 Å². The van der Waals surface area contributed by atoms with Gasteiger partial charge in [-0.2, -0.15) is 0 Å². The highest BCUT2D eigenvalue weighted by atomic mass is 16.6. The van der Waals surface area contributed by atoms with Crippen LogP contribution in [-0.2, 0) is 11.3 Å². The SMILES string of the molecule is CC(C)(C)NC(=O)NC(=O)Cn1cnc([N+](=O)[O-])c1. The number of hydrogen-bond donors (Lipinski definition) is 2. The van der Waals surface area contributed by atoms with E-state index in [-0.39, 0.29) is 12.4 Å². The smallest absolute Gasteiger partial charge is 0.358 e. The Morgan fingerprint density at radius 2 is 2.11 bits per heavy atom. The molecule has 0 saturated heterocycles. The molecule has 0 aliphatic rings. The van der Waals surface area contributed by atoms with Crippen molar-refractivity contribution in [3.8, 4) is 0 Å². The van der Waals surface area contributed by atoms with Gasteiger partial charge in [0.1, 0.15) is 12.7 Å². The fourth-order valence-corrected chi connectivity index (χ4v) is 1.23. The van der Waals surface area contributed by atoms with Crippen LogP contribution in [0.1, 0.15) is 20.8 Å². The average Bonchev–Trinajstić information content (AvgIpc) is 2.62. The highest BCUT2D eigenvalue weighted by molar-refractivity contribution is 5.94. The van der Waals surface area contributed by atoms with E-state index in [0.717, 1.165) is 12.5 Å². The van der Waals surface area contributed by atoms with Crippen LogP contribution in [0.25, 0.3) is 0 Å². The molecule has 9 heteroatoms. The topological polar surface area (TPSA) is 119 Å². The van der Waals surface area contributed by atoms with Crippen molar-refractivity contribution in [1.82, 2.24) is 20.2 Å². The van der Waals surface area contributed by atoms with Crippen molar-refractivity contribution in [1.29, 1.82) is 0 Å². The van der Waals surface area contributed by atoms with Gasteiger partial charge in [-0.1, -0.05) is 0 Å². The van der Waals surface area contributed by atoms with Gasteiger partial charge in [-0.05, 0) is 30.7 Å². The number of imide groups is 1. The number of nitrogens with zero attached hydrogens (tertiary/aromatic N) is 3. The number of rotatable bonds is 3. The highest BCUT2D eigenvalue weighted by Gasteiger charge is 2.17. The van der Waals surface area contributed by atoms with E-state index >= 15 is 0 Å². The molecule has 0 aliphatic heterocycles. The van der Waals surface area contributed by atoms with Crippen molar-refractivity contribution in [2.45, 2.75) is 32.9 Å². The average molecular weight is 269 g/mol. The van der Waals surface area contributed by atoms with Gasteiger partial charge in [0.05, 0.1) is 0 Å². The van der Waals surface area contributed by atoms with Crippen LogP contribution in [0.3, 0.4) is 0 Å². The number of nitro groups is 1. The number of amides is 3. The van der Waals surface area contributed by atoms with Gasteiger partial charge in [0.15, 0.2) is 0 Å². The third kappa shape index (κ3) is 5.15. The fourth-order valence-electron chi connectivity index (χ4n) is 1.23. The van der Waals surface area contributed by atoms with Crippen LogP contribution in [0.2, 0.25) is 0 Å². The Bertz CT molecular complexity index is 502. The summed E-state index contributed by atoms with van der Waals surface area (Å²) >= 11 is 0. The summed E-state index contributed by atoms with van der Waals surface area (Å²) in [5, 5.41) is 15.1. The Labute approximate surface area is 109 Å². The lowest BCUT2D eigenvalue weighted by molar-refractivity contribution is -0.389. The Morgan fingerprint density at radius 1 is 1.47 bits per heavy atom. The normalized spacial score (nSPS) is 10.9. The monoisotopic (exact) mass is 269 g/mol. The molecule has 1 rings (SSSR count). The summed E-state index contributed by atoms with van der Waals surface area (Å²) in [5.41, 5.74) is -0.460. The molecule has 0 saturated carbocycles. The van der Waals surface area contributed by atoms with E-state index in [9.17, 15) is 19.7 Å². The molecular weight excluding hydrogens is 254 g/mol. The number of hydrogen-bond acceptors (Lipinski definition) is 5. The zero-order valence-corrected chi connectivity index (χ0v) is 10.8. The van der Waals surface area contributed by atoms with Crippen molar-refractivity contribution >= 4 is 17.8 Å². The van der Waals surface area contributed by atoms with Crippen LogP contribution in [0.5, 0.6) is 0 Å². The van der Waals surface area contributed by atoms with Crippen LogP contribution in [0.15, 0.2) is 12.5 Å².